The minimum atomic E-state index is -0.996. The molecule has 4 amide bonds. The summed E-state index contributed by atoms with van der Waals surface area (Å²) in [6.07, 6.45) is 8.31. The van der Waals surface area contributed by atoms with Crippen LogP contribution >= 0.6 is 0 Å². The van der Waals surface area contributed by atoms with Gasteiger partial charge in [0, 0.05) is 36.6 Å². The summed E-state index contributed by atoms with van der Waals surface area (Å²) in [6, 6.07) is 4.83. The molecule has 2 saturated heterocycles. The highest BCUT2D eigenvalue weighted by Crippen LogP contribution is 2.60. The molecule has 10 heteroatoms. The number of aliphatic hydroxyl groups is 1. The Bertz CT molecular complexity index is 1340. The number of aliphatic hydroxyl groups excluding tert-OH is 1. The number of H-pyrrole nitrogens is 1. The number of likely N-dealkylation sites (tertiary alicyclic amines) is 1. The molecule has 6 fully saturated rings. The second-order valence-electron chi connectivity index (χ2n) is 14.1. The molecule has 1 aromatic heterocycles. The molecule has 1 unspecified atom stereocenters. The second kappa shape index (κ2) is 9.44. The van der Waals surface area contributed by atoms with E-state index in [4.69, 9.17) is 0 Å². The Kier molecular flexibility index (Phi) is 6.16. The van der Waals surface area contributed by atoms with Crippen molar-refractivity contribution >= 4 is 34.4 Å². The van der Waals surface area contributed by atoms with Crippen LogP contribution in [0.2, 0.25) is 0 Å². The van der Waals surface area contributed by atoms with E-state index in [1.54, 1.807) is 18.1 Å². The Hall–Kier alpha value is -3.14. The van der Waals surface area contributed by atoms with Crippen molar-refractivity contribution in [1.29, 1.82) is 0 Å². The summed E-state index contributed by atoms with van der Waals surface area (Å²) in [5.74, 6) is 1.96. The van der Waals surface area contributed by atoms with Crippen molar-refractivity contribution in [2.24, 2.45) is 29.1 Å². The number of hydrogen-bond donors (Lipinski definition) is 3. The third kappa shape index (κ3) is 4.07. The summed E-state index contributed by atoms with van der Waals surface area (Å²) in [5, 5.41) is 22.5. The number of likely N-dealkylation sites (N-methyl/N-ethyl adjacent to an activating group) is 1. The van der Waals surface area contributed by atoms with Crippen LogP contribution in [0.4, 0.5) is 10.5 Å². The number of fused-ring (bicyclic) bond motifs is 1. The summed E-state index contributed by atoms with van der Waals surface area (Å²) in [5.41, 5.74) is 0.424. The Morgan fingerprint density at radius 3 is 2.32 bits per heavy atom. The van der Waals surface area contributed by atoms with Crippen LogP contribution in [-0.4, -0.2) is 80.9 Å². The molecule has 3 N–H and O–H groups in total. The number of nitrogens with zero attached hydrogens (tertiary/aromatic N) is 4. The van der Waals surface area contributed by atoms with Crippen LogP contribution in [0.1, 0.15) is 65.2 Å². The van der Waals surface area contributed by atoms with E-state index in [1.807, 2.05) is 36.9 Å². The smallest absolute Gasteiger partial charge is 0.327 e. The highest BCUT2D eigenvalue weighted by molar-refractivity contribution is 5.98. The molecule has 220 valence electrons. The lowest BCUT2D eigenvalue weighted by Gasteiger charge is -2.56. The van der Waals surface area contributed by atoms with E-state index >= 15 is 0 Å². The molecule has 1 aromatic carbocycles. The number of aromatic amines is 1. The number of carbonyl (C=O) groups is 3. The second-order valence-corrected chi connectivity index (χ2v) is 14.1. The largest absolute Gasteiger partial charge is 0.371 e. The zero-order valence-electron chi connectivity index (χ0n) is 24.3. The fourth-order valence-electron chi connectivity index (χ4n) is 9.35. The highest BCUT2D eigenvalue weighted by Gasteiger charge is 2.58. The molecule has 3 heterocycles. The summed E-state index contributed by atoms with van der Waals surface area (Å²) in [7, 11) is 1.62. The van der Waals surface area contributed by atoms with Gasteiger partial charge >= 0.3 is 6.03 Å². The van der Waals surface area contributed by atoms with Crippen molar-refractivity contribution < 1.29 is 19.5 Å². The molecule has 10 nitrogen and oxygen atoms in total. The SMILES string of the molecule is CC(C)[C@@H](NC(=O)C12CC3CC(CC(C3)C1)C2)C(=O)N1CCC2(CC1)C(O)N(C)C(=O)N2c1ccc2[nH]ncc2c1. The van der Waals surface area contributed by atoms with E-state index in [0.717, 1.165) is 30.2 Å². The fraction of sp³-hybridized carbons (Fsp3) is 0.677. The number of amides is 4. The van der Waals surface area contributed by atoms with Gasteiger partial charge in [0.1, 0.15) is 6.04 Å². The molecule has 8 rings (SSSR count). The molecule has 6 aliphatic rings. The van der Waals surface area contributed by atoms with Gasteiger partial charge in [0.25, 0.3) is 0 Å². The lowest BCUT2D eigenvalue weighted by atomic mass is 9.49. The molecule has 4 saturated carbocycles. The topological polar surface area (TPSA) is 122 Å². The van der Waals surface area contributed by atoms with Crippen LogP contribution in [0.25, 0.3) is 10.9 Å². The Labute approximate surface area is 240 Å². The van der Waals surface area contributed by atoms with Crippen LogP contribution < -0.4 is 10.2 Å². The van der Waals surface area contributed by atoms with E-state index in [0.29, 0.717) is 49.4 Å². The summed E-state index contributed by atoms with van der Waals surface area (Å²) in [4.78, 5) is 46.1. The fourth-order valence-corrected chi connectivity index (χ4v) is 9.35. The van der Waals surface area contributed by atoms with Gasteiger partial charge in [0.2, 0.25) is 11.8 Å². The summed E-state index contributed by atoms with van der Waals surface area (Å²) >= 11 is 0. The van der Waals surface area contributed by atoms with Crippen molar-refractivity contribution in [2.45, 2.75) is 83.0 Å². The number of aromatic nitrogens is 2. The van der Waals surface area contributed by atoms with Crippen molar-refractivity contribution in [3.8, 4) is 0 Å². The third-order valence-corrected chi connectivity index (χ3v) is 11.1. The number of carbonyl (C=O) groups excluding carboxylic acids is 3. The van der Waals surface area contributed by atoms with Crippen LogP contribution in [0.15, 0.2) is 24.4 Å². The normalized spacial score (nSPS) is 32.9. The first-order valence-electron chi connectivity index (χ1n) is 15.4. The van der Waals surface area contributed by atoms with Gasteiger partial charge in [-0.15, -0.1) is 0 Å². The number of rotatable bonds is 5. The first-order valence-corrected chi connectivity index (χ1v) is 15.4. The van der Waals surface area contributed by atoms with Crippen molar-refractivity contribution in [3.63, 3.8) is 0 Å². The maximum Gasteiger partial charge on any atom is 0.327 e. The first kappa shape index (κ1) is 26.7. The van der Waals surface area contributed by atoms with E-state index in [2.05, 4.69) is 15.5 Å². The molecule has 41 heavy (non-hydrogen) atoms. The zero-order valence-corrected chi connectivity index (χ0v) is 24.3. The van der Waals surface area contributed by atoms with Gasteiger partial charge in [-0.2, -0.15) is 5.10 Å². The molecular formula is C31H42N6O4. The molecule has 1 spiro atoms. The standard InChI is InChI=1S/C31H42N6O4/c1-18(2)25(33-27(39)30-14-19-10-20(15-30)12-21(11-19)16-30)26(38)36-8-6-31(7-9-36)28(40)35(3)29(41)37(31)23-4-5-24-22(13-23)17-32-34-24/h4-5,13,17-21,25,28,40H,6-12,14-16H2,1-3H3,(H,32,34)(H,33,39)/t19?,20?,21?,25-,28?,30?/m1/s1. The first-order chi connectivity index (χ1) is 19.6. The predicted octanol–water partition coefficient (Wildman–Crippen LogP) is 3.47. The Balaban J connectivity index is 1.08. The maximum absolute atomic E-state index is 13.9. The zero-order chi connectivity index (χ0) is 28.7. The molecule has 4 aliphatic carbocycles. The molecular weight excluding hydrogens is 520 g/mol. The molecule has 2 aromatic rings. The minimum absolute atomic E-state index is 0.0424. The number of urea groups is 1. The molecule has 4 bridgehead atoms. The highest BCUT2D eigenvalue weighted by atomic mass is 16.3. The minimum Gasteiger partial charge on any atom is -0.371 e. The van der Waals surface area contributed by atoms with Crippen molar-refractivity contribution in [3.05, 3.63) is 24.4 Å². The Morgan fingerprint density at radius 2 is 1.71 bits per heavy atom. The van der Waals surface area contributed by atoms with E-state index in [-0.39, 0.29) is 29.2 Å². The van der Waals surface area contributed by atoms with Gasteiger partial charge in [0.05, 0.1) is 17.3 Å². The quantitative estimate of drug-likeness (QED) is 0.515. The van der Waals surface area contributed by atoms with Crippen LogP contribution in [0.3, 0.4) is 0 Å². The maximum atomic E-state index is 13.9. The number of piperidine rings is 1. The number of anilines is 1. The monoisotopic (exact) mass is 562 g/mol. The average Bonchev–Trinajstić information content (AvgIpc) is 3.48. The lowest BCUT2D eigenvalue weighted by Crippen LogP contribution is -2.62. The van der Waals surface area contributed by atoms with Crippen molar-refractivity contribution in [2.75, 3.05) is 25.0 Å². The molecule has 0 radical (unpaired) electrons. The Morgan fingerprint density at radius 1 is 1.07 bits per heavy atom. The van der Waals surface area contributed by atoms with E-state index < -0.39 is 17.8 Å². The predicted molar refractivity (Wildman–Crippen MR) is 154 cm³/mol. The van der Waals surface area contributed by atoms with Gasteiger partial charge in [-0.05, 0) is 93.2 Å². The van der Waals surface area contributed by atoms with Crippen LogP contribution in [0, 0.1) is 29.1 Å². The summed E-state index contributed by atoms with van der Waals surface area (Å²) < 4.78 is 0. The summed E-state index contributed by atoms with van der Waals surface area (Å²) in [6.45, 7) is 4.79. The third-order valence-electron chi connectivity index (χ3n) is 11.1. The van der Waals surface area contributed by atoms with Gasteiger partial charge < -0.3 is 15.3 Å². The average molecular weight is 563 g/mol. The van der Waals surface area contributed by atoms with Crippen LogP contribution in [-0.2, 0) is 9.59 Å². The number of hydrogen-bond acceptors (Lipinski definition) is 5. The molecule has 2 aliphatic heterocycles. The van der Waals surface area contributed by atoms with Gasteiger partial charge in [-0.3, -0.25) is 24.5 Å². The van der Waals surface area contributed by atoms with Crippen LogP contribution in [0.5, 0.6) is 0 Å². The number of benzene rings is 1. The van der Waals surface area contributed by atoms with E-state index in [1.165, 1.54) is 24.2 Å². The molecule has 2 atom stereocenters. The van der Waals surface area contributed by atoms with Crippen molar-refractivity contribution in [1.82, 2.24) is 25.3 Å². The number of nitrogens with one attached hydrogen (secondary N) is 2. The van der Waals surface area contributed by atoms with Gasteiger partial charge in [-0.1, -0.05) is 13.8 Å². The van der Waals surface area contributed by atoms with E-state index in [9.17, 15) is 19.5 Å². The van der Waals surface area contributed by atoms with Gasteiger partial charge in [-0.25, -0.2) is 4.79 Å². The van der Waals surface area contributed by atoms with Gasteiger partial charge in [0.15, 0.2) is 6.23 Å². The lowest BCUT2D eigenvalue weighted by molar-refractivity contribution is -0.151.